The fourth-order valence-corrected chi connectivity index (χ4v) is 2.94. The molecule has 3 N–H and O–H groups in total. The molecule has 0 aliphatic carbocycles. The summed E-state index contributed by atoms with van der Waals surface area (Å²) < 4.78 is 39.8. The van der Waals surface area contributed by atoms with E-state index in [1.165, 1.54) is 18.2 Å². The van der Waals surface area contributed by atoms with Gasteiger partial charge in [0.15, 0.2) is 13.1 Å². The molecule has 0 aromatic heterocycles. The molecule has 2 aromatic rings. The highest BCUT2D eigenvalue weighted by Gasteiger charge is 2.33. The van der Waals surface area contributed by atoms with Gasteiger partial charge < -0.3 is 15.5 Å². The highest BCUT2D eigenvalue weighted by atomic mass is 79.9. The molecule has 2 aromatic carbocycles. The second-order valence-corrected chi connectivity index (χ2v) is 6.93. The van der Waals surface area contributed by atoms with Crippen LogP contribution in [0.5, 0.6) is 0 Å². The summed E-state index contributed by atoms with van der Waals surface area (Å²) in [5.74, 6) is -0.894. The van der Waals surface area contributed by atoms with Crippen LogP contribution in [-0.2, 0) is 15.8 Å². The number of carbonyl (C=O) groups excluding carboxylic acids is 2. The fraction of sp³-hybridized carbons (Fsp3) is 0.263. The van der Waals surface area contributed by atoms with Gasteiger partial charge in [0.05, 0.1) is 23.5 Å². The Kier molecular flexibility index (Phi) is 7.59. The van der Waals surface area contributed by atoms with E-state index in [4.69, 9.17) is 0 Å². The van der Waals surface area contributed by atoms with E-state index < -0.39 is 17.6 Å². The largest absolute Gasteiger partial charge is 0.418 e. The second-order valence-electron chi connectivity index (χ2n) is 6.08. The van der Waals surface area contributed by atoms with Crippen molar-refractivity contribution in [3.05, 3.63) is 58.6 Å². The lowest BCUT2D eigenvalue weighted by molar-refractivity contribution is -0.881. The number of nitrogens with one attached hydrogen (secondary N) is 3. The predicted molar refractivity (Wildman–Crippen MR) is 104 cm³/mol. The molecule has 1 unspecified atom stereocenters. The monoisotopic (exact) mass is 458 g/mol. The van der Waals surface area contributed by atoms with Crippen LogP contribution in [0.25, 0.3) is 0 Å². The first-order chi connectivity index (χ1) is 13.2. The number of alkyl halides is 3. The Bertz CT molecular complexity index is 843. The smallest absolute Gasteiger partial charge is 0.321 e. The van der Waals surface area contributed by atoms with Crippen molar-refractivity contribution >= 4 is 39.1 Å². The zero-order valence-electron chi connectivity index (χ0n) is 15.1. The van der Waals surface area contributed by atoms with Gasteiger partial charge in [-0.2, -0.15) is 13.2 Å². The van der Waals surface area contributed by atoms with E-state index in [-0.39, 0.29) is 24.7 Å². The first-order valence-corrected chi connectivity index (χ1v) is 9.34. The number of para-hydroxylation sites is 2. The maximum Gasteiger partial charge on any atom is 0.418 e. The number of halogens is 4. The molecular formula is C19H20BrF3N3O2+. The summed E-state index contributed by atoms with van der Waals surface area (Å²) in [5, 5.41) is 5.03. The number of rotatable bonds is 7. The van der Waals surface area contributed by atoms with Gasteiger partial charge in [-0.15, -0.1) is 0 Å². The summed E-state index contributed by atoms with van der Waals surface area (Å²) in [4.78, 5) is 25.1. The first-order valence-electron chi connectivity index (χ1n) is 8.54. The van der Waals surface area contributed by atoms with Crippen LogP contribution in [-0.4, -0.2) is 31.4 Å². The van der Waals surface area contributed by atoms with Crippen molar-refractivity contribution in [2.75, 3.05) is 30.3 Å². The van der Waals surface area contributed by atoms with Crippen LogP contribution >= 0.6 is 15.9 Å². The molecule has 0 heterocycles. The van der Waals surface area contributed by atoms with Crippen LogP contribution in [0.3, 0.4) is 0 Å². The third-order valence-electron chi connectivity index (χ3n) is 3.98. The molecule has 0 aliphatic rings. The van der Waals surface area contributed by atoms with Gasteiger partial charge in [0.2, 0.25) is 0 Å². The van der Waals surface area contributed by atoms with Crippen molar-refractivity contribution in [3.63, 3.8) is 0 Å². The SMILES string of the molecule is CC[NH+](CC(=O)Nc1ccccc1Br)CC(=O)Nc1ccccc1C(F)(F)F. The molecule has 1 atom stereocenters. The Hall–Kier alpha value is -2.39. The fourth-order valence-electron chi connectivity index (χ4n) is 2.56. The minimum Gasteiger partial charge on any atom is -0.321 e. The molecule has 0 saturated heterocycles. The predicted octanol–water partition coefficient (Wildman–Crippen LogP) is 2.95. The lowest BCUT2D eigenvalue weighted by Crippen LogP contribution is -3.13. The number of benzene rings is 2. The van der Waals surface area contributed by atoms with Gasteiger partial charge >= 0.3 is 6.18 Å². The van der Waals surface area contributed by atoms with E-state index >= 15 is 0 Å². The molecule has 28 heavy (non-hydrogen) atoms. The zero-order chi connectivity index (χ0) is 20.7. The second kappa shape index (κ2) is 9.70. The average molecular weight is 459 g/mol. The molecular weight excluding hydrogens is 439 g/mol. The Morgan fingerprint density at radius 2 is 1.43 bits per heavy atom. The molecule has 0 spiro atoms. The van der Waals surface area contributed by atoms with E-state index in [0.29, 0.717) is 17.1 Å². The molecule has 2 amide bonds. The van der Waals surface area contributed by atoms with Gasteiger partial charge in [-0.1, -0.05) is 24.3 Å². The first kappa shape index (κ1) is 21.9. The van der Waals surface area contributed by atoms with E-state index in [0.717, 1.165) is 10.5 Å². The number of carbonyl (C=O) groups is 2. The summed E-state index contributed by atoms with van der Waals surface area (Å²) in [6.07, 6.45) is -4.57. The van der Waals surface area contributed by atoms with E-state index in [2.05, 4.69) is 26.6 Å². The minimum atomic E-state index is -4.57. The van der Waals surface area contributed by atoms with Crippen LogP contribution in [0.15, 0.2) is 53.0 Å². The van der Waals surface area contributed by atoms with Gasteiger partial charge in [0.1, 0.15) is 0 Å². The average Bonchev–Trinajstić information content (AvgIpc) is 2.62. The normalized spacial score (nSPS) is 12.3. The van der Waals surface area contributed by atoms with Crippen molar-refractivity contribution in [2.45, 2.75) is 13.1 Å². The third kappa shape index (κ3) is 6.35. The maximum atomic E-state index is 13.0. The van der Waals surface area contributed by atoms with Crippen molar-refractivity contribution in [1.29, 1.82) is 0 Å². The highest BCUT2D eigenvalue weighted by molar-refractivity contribution is 9.10. The van der Waals surface area contributed by atoms with Crippen LogP contribution < -0.4 is 15.5 Å². The Labute approximate surface area is 169 Å². The molecule has 2 rings (SSSR count). The van der Waals surface area contributed by atoms with Gasteiger partial charge in [-0.05, 0) is 47.1 Å². The van der Waals surface area contributed by atoms with E-state index in [1.54, 1.807) is 25.1 Å². The maximum absolute atomic E-state index is 13.0. The highest BCUT2D eigenvalue weighted by Crippen LogP contribution is 2.34. The summed E-state index contributed by atoms with van der Waals surface area (Å²) in [7, 11) is 0. The van der Waals surface area contributed by atoms with E-state index in [1.807, 2.05) is 6.07 Å². The Morgan fingerprint density at radius 1 is 0.929 bits per heavy atom. The lowest BCUT2D eigenvalue weighted by Gasteiger charge is -2.18. The van der Waals surface area contributed by atoms with Gasteiger partial charge in [-0.3, -0.25) is 9.59 Å². The molecule has 5 nitrogen and oxygen atoms in total. The van der Waals surface area contributed by atoms with Gasteiger partial charge in [0.25, 0.3) is 11.8 Å². The lowest BCUT2D eigenvalue weighted by atomic mass is 10.1. The summed E-state index contributed by atoms with van der Waals surface area (Å²) in [6.45, 7) is 2.12. The van der Waals surface area contributed by atoms with Crippen molar-refractivity contribution in [3.8, 4) is 0 Å². The van der Waals surface area contributed by atoms with E-state index in [9.17, 15) is 22.8 Å². The van der Waals surface area contributed by atoms with Crippen molar-refractivity contribution in [2.24, 2.45) is 0 Å². The standard InChI is InChI=1S/C19H19BrF3N3O2/c1-2-26(12-18(28)25-16-10-6-4-8-14(16)20)11-17(27)24-15-9-5-3-7-13(15)19(21,22)23/h3-10H,2,11-12H2,1H3,(H,24,27)(H,25,28)/p+1. The zero-order valence-corrected chi connectivity index (χ0v) is 16.7. The Morgan fingerprint density at radius 3 is 1.96 bits per heavy atom. The topological polar surface area (TPSA) is 62.6 Å². The number of likely N-dealkylation sites (N-methyl/N-ethyl adjacent to an activating group) is 1. The molecule has 150 valence electrons. The summed E-state index contributed by atoms with van der Waals surface area (Å²) >= 11 is 3.33. The molecule has 0 saturated carbocycles. The molecule has 0 fully saturated rings. The number of anilines is 2. The quantitative estimate of drug-likeness (QED) is 0.597. The van der Waals surface area contributed by atoms with Crippen LogP contribution in [0.2, 0.25) is 0 Å². The van der Waals surface area contributed by atoms with Crippen LogP contribution in [0.1, 0.15) is 12.5 Å². The Balaban J connectivity index is 1.97. The number of hydrogen-bond acceptors (Lipinski definition) is 2. The van der Waals surface area contributed by atoms with Crippen molar-refractivity contribution in [1.82, 2.24) is 0 Å². The molecule has 0 bridgehead atoms. The minimum absolute atomic E-state index is 0.00612. The number of amides is 2. The molecule has 9 heteroatoms. The number of hydrogen-bond donors (Lipinski definition) is 3. The van der Waals surface area contributed by atoms with Gasteiger partial charge in [-0.25, -0.2) is 0 Å². The van der Waals surface area contributed by atoms with Crippen LogP contribution in [0.4, 0.5) is 24.5 Å². The molecule has 0 radical (unpaired) electrons. The van der Waals surface area contributed by atoms with Crippen molar-refractivity contribution < 1.29 is 27.7 Å². The number of quaternary nitrogens is 1. The summed E-state index contributed by atoms with van der Waals surface area (Å²) in [5.41, 5.74) is -0.604. The molecule has 0 aliphatic heterocycles. The van der Waals surface area contributed by atoms with Gasteiger partial charge in [0, 0.05) is 4.47 Å². The third-order valence-corrected chi connectivity index (χ3v) is 4.67. The summed E-state index contributed by atoms with van der Waals surface area (Å²) in [6, 6.07) is 11.9. The van der Waals surface area contributed by atoms with Crippen LogP contribution in [0, 0.1) is 0 Å².